The monoisotopic (exact) mass is 189 g/mol. The normalized spacial score (nSPS) is 24.7. The predicted octanol–water partition coefficient (Wildman–Crippen LogP) is 0.988. The second-order valence-corrected chi connectivity index (χ2v) is 5.13. The van der Waals surface area contributed by atoms with Crippen LogP contribution in [0.1, 0.15) is 19.8 Å². The van der Waals surface area contributed by atoms with Crippen LogP contribution in [0.4, 0.5) is 0 Å². The van der Waals surface area contributed by atoms with Gasteiger partial charge in [-0.05, 0) is 19.8 Å². The second-order valence-electron chi connectivity index (χ2n) is 3.15. The molecule has 1 saturated heterocycles. The first-order valence-electron chi connectivity index (χ1n) is 4.13. The molecule has 1 fully saturated rings. The van der Waals surface area contributed by atoms with Crippen molar-refractivity contribution < 1.29 is 8.42 Å². The standard InChI is InChI=1S/C8H15NO2S/c1-3-8-5-4-6-9(7-8)12(2,10)11/h3H,4-7H2,1-2H3/b8-3+. The quantitative estimate of drug-likeness (QED) is 0.577. The van der Waals surface area contributed by atoms with Gasteiger partial charge in [-0.15, -0.1) is 0 Å². The Morgan fingerprint density at radius 3 is 2.67 bits per heavy atom. The Morgan fingerprint density at radius 2 is 2.17 bits per heavy atom. The van der Waals surface area contributed by atoms with Crippen molar-refractivity contribution in [3.05, 3.63) is 11.6 Å². The van der Waals surface area contributed by atoms with Crippen LogP contribution in [-0.2, 0) is 10.0 Å². The zero-order valence-corrected chi connectivity index (χ0v) is 8.39. The summed E-state index contributed by atoms with van der Waals surface area (Å²) in [4.78, 5) is 0. The zero-order chi connectivity index (χ0) is 9.19. The van der Waals surface area contributed by atoms with Crippen molar-refractivity contribution in [3.8, 4) is 0 Å². The molecular weight excluding hydrogens is 174 g/mol. The molecule has 0 aliphatic carbocycles. The minimum absolute atomic E-state index is 0.593. The molecule has 0 aromatic rings. The topological polar surface area (TPSA) is 37.4 Å². The molecule has 1 rings (SSSR count). The zero-order valence-electron chi connectivity index (χ0n) is 7.58. The van der Waals surface area contributed by atoms with Crippen LogP contribution in [0.2, 0.25) is 0 Å². The number of hydrogen-bond donors (Lipinski definition) is 0. The highest BCUT2D eigenvalue weighted by atomic mass is 32.2. The smallest absolute Gasteiger partial charge is 0.211 e. The van der Waals surface area contributed by atoms with E-state index >= 15 is 0 Å². The van der Waals surface area contributed by atoms with E-state index in [0.717, 1.165) is 12.8 Å². The van der Waals surface area contributed by atoms with Crippen LogP contribution in [0.25, 0.3) is 0 Å². The van der Waals surface area contributed by atoms with Gasteiger partial charge >= 0.3 is 0 Å². The Bertz CT molecular complexity index is 279. The lowest BCUT2D eigenvalue weighted by molar-refractivity contribution is 0.398. The van der Waals surface area contributed by atoms with Crippen LogP contribution >= 0.6 is 0 Å². The summed E-state index contributed by atoms with van der Waals surface area (Å²) in [5.74, 6) is 0. The Labute approximate surface area is 74.1 Å². The van der Waals surface area contributed by atoms with Gasteiger partial charge in [0.1, 0.15) is 0 Å². The van der Waals surface area contributed by atoms with Crippen molar-refractivity contribution >= 4 is 10.0 Å². The molecule has 0 bridgehead atoms. The summed E-state index contributed by atoms with van der Waals surface area (Å²) in [5.41, 5.74) is 1.23. The van der Waals surface area contributed by atoms with Gasteiger partial charge in [-0.3, -0.25) is 0 Å². The fraction of sp³-hybridized carbons (Fsp3) is 0.750. The Kier molecular flexibility index (Phi) is 2.90. The van der Waals surface area contributed by atoms with E-state index in [1.54, 1.807) is 0 Å². The molecule has 0 radical (unpaired) electrons. The lowest BCUT2D eigenvalue weighted by Gasteiger charge is -2.26. The molecular formula is C8H15NO2S. The fourth-order valence-electron chi connectivity index (χ4n) is 1.39. The van der Waals surface area contributed by atoms with Gasteiger partial charge in [0.05, 0.1) is 6.26 Å². The number of sulfonamides is 1. The van der Waals surface area contributed by atoms with Crippen LogP contribution in [0.3, 0.4) is 0 Å². The average Bonchev–Trinajstić information content (AvgIpc) is 2.03. The molecule has 0 aromatic carbocycles. The first-order chi connectivity index (χ1) is 5.54. The van der Waals surface area contributed by atoms with Crippen LogP contribution in [0, 0.1) is 0 Å². The van der Waals surface area contributed by atoms with Crippen LogP contribution in [0.15, 0.2) is 11.6 Å². The minimum Gasteiger partial charge on any atom is -0.212 e. The summed E-state index contributed by atoms with van der Waals surface area (Å²) < 4.78 is 23.8. The highest BCUT2D eigenvalue weighted by Gasteiger charge is 2.20. The molecule has 1 heterocycles. The maximum atomic E-state index is 11.1. The first kappa shape index (κ1) is 9.74. The maximum absolute atomic E-state index is 11.1. The van der Waals surface area contributed by atoms with Crippen molar-refractivity contribution in [1.29, 1.82) is 0 Å². The molecule has 0 amide bonds. The van der Waals surface area contributed by atoms with E-state index in [-0.39, 0.29) is 0 Å². The fourth-order valence-corrected chi connectivity index (χ4v) is 2.25. The third-order valence-electron chi connectivity index (χ3n) is 2.16. The second kappa shape index (κ2) is 3.58. The van der Waals surface area contributed by atoms with Crippen LogP contribution in [0.5, 0.6) is 0 Å². The average molecular weight is 189 g/mol. The van der Waals surface area contributed by atoms with E-state index in [2.05, 4.69) is 0 Å². The number of allylic oxidation sites excluding steroid dienone is 1. The van der Waals surface area contributed by atoms with Crippen molar-refractivity contribution in [2.75, 3.05) is 19.3 Å². The molecule has 4 heteroatoms. The summed E-state index contributed by atoms with van der Waals surface area (Å²) in [6.45, 7) is 3.23. The third kappa shape index (κ3) is 2.32. The molecule has 3 nitrogen and oxygen atoms in total. The number of piperidine rings is 1. The predicted molar refractivity (Wildman–Crippen MR) is 49.4 cm³/mol. The van der Waals surface area contributed by atoms with E-state index in [0.29, 0.717) is 13.1 Å². The summed E-state index contributed by atoms with van der Waals surface area (Å²) in [6, 6.07) is 0. The largest absolute Gasteiger partial charge is 0.212 e. The van der Waals surface area contributed by atoms with Gasteiger partial charge in [-0.2, -0.15) is 4.31 Å². The molecule has 0 saturated carbocycles. The molecule has 0 unspecified atom stereocenters. The summed E-state index contributed by atoms with van der Waals surface area (Å²) >= 11 is 0. The Morgan fingerprint density at radius 1 is 1.50 bits per heavy atom. The number of hydrogen-bond acceptors (Lipinski definition) is 2. The maximum Gasteiger partial charge on any atom is 0.211 e. The minimum atomic E-state index is -2.98. The molecule has 0 spiro atoms. The molecule has 1 aliphatic heterocycles. The summed E-state index contributed by atoms with van der Waals surface area (Å²) in [6.07, 6.45) is 5.28. The lowest BCUT2D eigenvalue weighted by Crippen LogP contribution is -2.35. The Balaban J connectivity index is 2.71. The van der Waals surface area contributed by atoms with Gasteiger partial charge in [-0.1, -0.05) is 11.6 Å². The van der Waals surface area contributed by atoms with Gasteiger partial charge in [0.25, 0.3) is 0 Å². The van der Waals surface area contributed by atoms with Crippen molar-refractivity contribution in [2.45, 2.75) is 19.8 Å². The molecule has 0 N–H and O–H groups in total. The Hall–Kier alpha value is -0.350. The van der Waals surface area contributed by atoms with Crippen molar-refractivity contribution in [1.82, 2.24) is 4.31 Å². The van der Waals surface area contributed by atoms with Gasteiger partial charge in [0.2, 0.25) is 10.0 Å². The summed E-state index contributed by atoms with van der Waals surface area (Å²) in [7, 11) is -2.98. The molecule has 70 valence electrons. The van der Waals surface area contributed by atoms with E-state index in [9.17, 15) is 8.42 Å². The van der Waals surface area contributed by atoms with Gasteiger partial charge in [0.15, 0.2) is 0 Å². The number of nitrogens with zero attached hydrogens (tertiary/aromatic N) is 1. The number of rotatable bonds is 1. The molecule has 0 aromatic heterocycles. The van der Waals surface area contributed by atoms with Gasteiger partial charge in [-0.25, -0.2) is 8.42 Å². The van der Waals surface area contributed by atoms with Crippen molar-refractivity contribution in [2.24, 2.45) is 0 Å². The lowest BCUT2D eigenvalue weighted by atomic mass is 10.1. The molecule has 12 heavy (non-hydrogen) atoms. The van der Waals surface area contributed by atoms with E-state index < -0.39 is 10.0 Å². The highest BCUT2D eigenvalue weighted by molar-refractivity contribution is 7.88. The van der Waals surface area contributed by atoms with Gasteiger partial charge in [0, 0.05) is 13.1 Å². The highest BCUT2D eigenvalue weighted by Crippen LogP contribution is 2.16. The van der Waals surface area contributed by atoms with E-state index in [1.807, 2.05) is 13.0 Å². The molecule has 1 aliphatic rings. The van der Waals surface area contributed by atoms with Crippen LogP contribution in [-0.4, -0.2) is 32.1 Å². The van der Waals surface area contributed by atoms with E-state index in [4.69, 9.17) is 0 Å². The first-order valence-corrected chi connectivity index (χ1v) is 5.98. The van der Waals surface area contributed by atoms with E-state index in [1.165, 1.54) is 16.1 Å². The molecule has 0 atom stereocenters. The van der Waals surface area contributed by atoms with Gasteiger partial charge < -0.3 is 0 Å². The van der Waals surface area contributed by atoms with Crippen molar-refractivity contribution in [3.63, 3.8) is 0 Å². The SMILES string of the molecule is C/C=C1\CCCN(S(C)(=O)=O)C1. The third-order valence-corrected chi connectivity index (χ3v) is 3.41. The summed E-state index contributed by atoms with van der Waals surface area (Å²) in [5, 5.41) is 0. The van der Waals surface area contributed by atoms with Crippen LogP contribution < -0.4 is 0 Å².